The number of hydrogen-bond acceptors (Lipinski definition) is 1. The summed E-state index contributed by atoms with van der Waals surface area (Å²) in [5.41, 5.74) is 1.95. The highest BCUT2D eigenvalue weighted by Crippen LogP contribution is 2.43. The Bertz CT molecular complexity index is 494. The second-order valence-corrected chi connectivity index (χ2v) is 5.31. The van der Waals surface area contributed by atoms with Gasteiger partial charge in [0, 0.05) is 16.5 Å². The fourth-order valence-electron chi connectivity index (χ4n) is 2.37. The van der Waals surface area contributed by atoms with E-state index >= 15 is 0 Å². The van der Waals surface area contributed by atoms with E-state index in [9.17, 15) is 0 Å². The maximum atomic E-state index is 5.93. The molecule has 0 spiro atoms. The maximum Gasteiger partial charge on any atom is 0.120 e. The number of hydrogen-bond donors (Lipinski definition) is 0. The first-order chi connectivity index (χ1) is 8.71. The lowest BCUT2D eigenvalue weighted by Gasteiger charge is -2.43. The van der Waals surface area contributed by atoms with E-state index in [1.807, 2.05) is 48.5 Å². The van der Waals surface area contributed by atoms with E-state index < -0.39 is 0 Å². The SMILES string of the molecule is Clc1ccc(C2(c3ccc(Cl)cc3)CCO2)cc1. The monoisotopic (exact) mass is 278 g/mol. The van der Waals surface area contributed by atoms with Crippen LogP contribution in [0.15, 0.2) is 48.5 Å². The van der Waals surface area contributed by atoms with Gasteiger partial charge in [-0.2, -0.15) is 0 Å². The molecule has 0 amide bonds. The van der Waals surface area contributed by atoms with Crippen LogP contribution in [-0.2, 0) is 10.3 Å². The topological polar surface area (TPSA) is 9.23 Å². The van der Waals surface area contributed by atoms with Gasteiger partial charge >= 0.3 is 0 Å². The molecular weight excluding hydrogens is 267 g/mol. The van der Waals surface area contributed by atoms with E-state index in [1.54, 1.807) is 0 Å². The Kier molecular flexibility index (Phi) is 3.06. The van der Waals surface area contributed by atoms with Crippen molar-refractivity contribution >= 4 is 23.2 Å². The van der Waals surface area contributed by atoms with Crippen LogP contribution in [-0.4, -0.2) is 6.61 Å². The van der Waals surface area contributed by atoms with Crippen molar-refractivity contribution in [2.75, 3.05) is 6.61 Å². The van der Waals surface area contributed by atoms with Crippen LogP contribution in [0.5, 0.6) is 0 Å². The molecule has 2 aromatic carbocycles. The second kappa shape index (κ2) is 4.58. The second-order valence-electron chi connectivity index (χ2n) is 4.44. The minimum atomic E-state index is -0.324. The largest absolute Gasteiger partial charge is 0.365 e. The smallest absolute Gasteiger partial charge is 0.120 e. The average molecular weight is 279 g/mol. The summed E-state index contributed by atoms with van der Waals surface area (Å²) < 4.78 is 5.88. The number of benzene rings is 2. The summed E-state index contributed by atoms with van der Waals surface area (Å²) in [6, 6.07) is 15.7. The summed E-state index contributed by atoms with van der Waals surface area (Å²) in [4.78, 5) is 0. The highest BCUT2D eigenvalue weighted by Gasteiger charge is 2.41. The van der Waals surface area contributed by atoms with E-state index in [0.717, 1.165) is 34.2 Å². The lowest BCUT2D eigenvalue weighted by Crippen LogP contribution is -2.41. The van der Waals surface area contributed by atoms with Gasteiger partial charge in [-0.1, -0.05) is 47.5 Å². The molecule has 2 aromatic rings. The molecule has 1 fully saturated rings. The Balaban J connectivity index is 2.04. The minimum absolute atomic E-state index is 0.324. The molecule has 0 aliphatic carbocycles. The Morgan fingerprint density at radius 1 is 0.778 bits per heavy atom. The van der Waals surface area contributed by atoms with Gasteiger partial charge in [-0.15, -0.1) is 0 Å². The molecule has 92 valence electrons. The van der Waals surface area contributed by atoms with Crippen molar-refractivity contribution in [1.29, 1.82) is 0 Å². The molecule has 3 rings (SSSR count). The predicted octanol–water partition coefficient (Wildman–Crippen LogP) is 4.66. The molecule has 1 aliphatic rings. The van der Waals surface area contributed by atoms with E-state index in [2.05, 4.69) is 0 Å². The number of halogens is 2. The summed E-state index contributed by atoms with van der Waals surface area (Å²) >= 11 is 11.9. The Morgan fingerprint density at radius 2 is 1.17 bits per heavy atom. The van der Waals surface area contributed by atoms with Gasteiger partial charge in [0.2, 0.25) is 0 Å². The van der Waals surface area contributed by atoms with E-state index in [0.29, 0.717) is 0 Å². The Labute approximate surface area is 116 Å². The van der Waals surface area contributed by atoms with Crippen molar-refractivity contribution in [3.05, 3.63) is 69.7 Å². The predicted molar refractivity (Wildman–Crippen MR) is 74.3 cm³/mol. The first-order valence-corrected chi connectivity index (χ1v) is 6.62. The molecule has 0 aromatic heterocycles. The van der Waals surface area contributed by atoms with Crippen LogP contribution in [0.2, 0.25) is 10.0 Å². The van der Waals surface area contributed by atoms with Gasteiger partial charge in [-0.25, -0.2) is 0 Å². The number of ether oxygens (including phenoxy) is 1. The maximum absolute atomic E-state index is 5.93. The van der Waals surface area contributed by atoms with Crippen molar-refractivity contribution in [3.63, 3.8) is 0 Å². The van der Waals surface area contributed by atoms with Gasteiger partial charge in [0.15, 0.2) is 0 Å². The molecule has 0 N–H and O–H groups in total. The number of rotatable bonds is 2. The molecule has 1 heterocycles. The molecule has 0 bridgehead atoms. The third kappa shape index (κ3) is 1.93. The first-order valence-electron chi connectivity index (χ1n) is 5.87. The molecule has 1 aliphatic heterocycles. The quantitative estimate of drug-likeness (QED) is 0.777. The van der Waals surface area contributed by atoms with E-state index in [4.69, 9.17) is 27.9 Å². The normalized spacial score (nSPS) is 17.2. The van der Waals surface area contributed by atoms with Crippen LogP contribution in [0.1, 0.15) is 17.5 Å². The van der Waals surface area contributed by atoms with Gasteiger partial charge in [0.25, 0.3) is 0 Å². The van der Waals surface area contributed by atoms with Crippen molar-refractivity contribution in [2.45, 2.75) is 12.0 Å². The lowest BCUT2D eigenvalue weighted by molar-refractivity contribution is -0.123. The third-order valence-electron chi connectivity index (χ3n) is 3.42. The summed E-state index contributed by atoms with van der Waals surface area (Å²) in [6.45, 7) is 0.783. The zero-order valence-electron chi connectivity index (χ0n) is 9.70. The Hall–Kier alpha value is -1.02. The molecule has 0 saturated carbocycles. The highest BCUT2D eigenvalue weighted by molar-refractivity contribution is 6.30. The first kappa shape index (κ1) is 12.0. The van der Waals surface area contributed by atoms with Crippen molar-refractivity contribution < 1.29 is 4.74 Å². The van der Waals surface area contributed by atoms with Crippen LogP contribution < -0.4 is 0 Å². The fourth-order valence-corrected chi connectivity index (χ4v) is 2.62. The highest BCUT2D eigenvalue weighted by atomic mass is 35.5. The standard InChI is InChI=1S/C15H12Cl2O/c16-13-5-1-11(2-6-13)15(9-10-18-15)12-3-7-14(17)8-4-12/h1-8H,9-10H2. The van der Waals surface area contributed by atoms with Crippen molar-refractivity contribution in [1.82, 2.24) is 0 Å². The van der Waals surface area contributed by atoms with Gasteiger partial charge in [0.05, 0.1) is 6.61 Å². The summed E-state index contributed by atoms with van der Waals surface area (Å²) in [7, 11) is 0. The molecule has 18 heavy (non-hydrogen) atoms. The van der Waals surface area contributed by atoms with Gasteiger partial charge in [-0.3, -0.25) is 0 Å². The lowest BCUT2D eigenvalue weighted by atomic mass is 9.80. The Morgan fingerprint density at radius 3 is 1.44 bits per heavy atom. The molecule has 0 atom stereocenters. The van der Waals surface area contributed by atoms with Gasteiger partial charge < -0.3 is 4.74 Å². The molecule has 0 radical (unpaired) electrons. The summed E-state index contributed by atoms with van der Waals surface area (Å²) in [5, 5.41) is 1.48. The van der Waals surface area contributed by atoms with Crippen LogP contribution in [0, 0.1) is 0 Å². The molecule has 1 saturated heterocycles. The van der Waals surface area contributed by atoms with E-state index in [-0.39, 0.29) is 5.60 Å². The molecule has 3 heteroatoms. The average Bonchev–Trinajstić information content (AvgIpc) is 2.32. The zero-order chi connectivity index (χ0) is 12.6. The van der Waals surface area contributed by atoms with Crippen LogP contribution in [0.4, 0.5) is 0 Å². The third-order valence-corrected chi connectivity index (χ3v) is 3.93. The van der Waals surface area contributed by atoms with Crippen molar-refractivity contribution in [2.24, 2.45) is 0 Å². The minimum Gasteiger partial charge on any atom is -0.365 e. The van der Waals surface area contributed by atoms with Crippen LogP contribution >= 0.6 is 23.2 Å². The van der Waals surface area contributed by atoms with Crippen LogP contribution in [0.25, 0.3) is 0 Å². The van der Waals surface area contributed by atoms with Gasteiger partial charge in [0.1, 0.15) is 5.60 Å². The fraction of sp³-hybridized carbons (Fsp3) is 0.200. The molecular formula is C15H12Cl2O. The van der Waals surface area contributed by atoms with E-state index in [1.165, 1.54) is 0 Å². The molecule has 0 unspecified atom stereocenters. The van der Waals surface area contributed by atoms with Crippen molar-refractivity contribution in [3.8, 4) is 0 Å². The zero-order valence-corrected chi connectivity index (χ0v) is 11.2. The van der Waals surface area contributed by atoms with Crippen LogP contribution in [0.3, 0.4) is 0 Å². The summed E-state index contributed by atoms with van der Waals surface area (Å²) in [6.07, 6.45) is 0.982. The summed E-state index contributed by atoms with van der Waals surface area (Å²) in [5.74, 6) is 0. The molecule has 1 nitrogen and oxygen atoms in total. The van der Waals surface area contributed by atoms with Gasteiger partial charge in [-0.05, 0) is 35.4 Å².